The van der Waals surface area contributed by atoms with Crippen molar-refractivity contribution in [1.29, 1.82) is 0 Å². The number of ether oxygens (including phenoxy) is 2. The van der Waals surface area contributed by atoms with Crippen LogP contribution in [-0.4, -0.2) is 32.7 Å². The van der Waals surface area contributed by atoms with E-state index in [9.17, 15) is 9.18 Å². The molecular formula is C13H16ClFO3. The molecule has 0 bridgehead atoms. The summed E-state index contributed by atoms with van der Waals surface area (Å²) in [5.41, 5.74) is 0.624. The number of methoxy groups -OCH3 is 1. The zero-order valence-corrected chi connectivity index (χ0v) is 11.0. The van der Waals surface area contributed by atoms with Crippen molar-refractivity contribution in [2.75, 3.05) is 26.9 Å². The predicted molar refractivity (Wildman–Crippen MR) is 67.4 cm³/mol. The summed E-state index contributed by atoms with van der Waals surface area (Å²) in [6.45, 7) is 1.34. The third kappa shape index (κ3) is 5.58. The summed E-state index contributed by atoms with van der Waals surface area (Å²) in [7, 11) is 1.59. The fourth-order valence-electron chi connectivity index (χ4n) is 1.40. The first-order valence-electron chi connectivity index (χ1n) is 5.66. The summed E-state index contributed by atoms with van der Waals surface area (Å²) in [5, 5.41) is 0.0640. The second-order valence-corrected chi connectivity index (χ2v) is 4.23. The van der Waals surface area contributed by atoms with Gasteiger partial charge in [-0.15, -0.1) is 0 Å². The lowest BCUT2D eigenvalue weighted by Gasteiger charge is -2.04. The summed E-state index contributed by atoms with van der Waals surface area (Å²) in [6.07, 6.45) is 0.510. The van der Waals surface area contributed by atoms with E-state index in [1.54, 1.807) is 13.2 Å². The Bertz CT molecular complexity index is 396. The second-order valence-electron chi connectivity index (χ2n) is 3.82. The van der Waals surface area contributed by atoms with Gasteiger partial charge < -0.3 is 9.47 Å². The van der Waals surface area contributed by atoms with Gasteiger partial charge in [-0.25, -0.2) is 4.39 Å². The molecule has 0 aliphatic carbocycles. The van der Waals surface area contributed by atoms with E-state index in [1.165, 1.54) is 12.1 Å². The Morgan fingerprint density at radius 2 is 2.11 bits per heavy atom. The summed E-state index contributed by atoms with van der Waals surface area (Å²) in [6, 6.07) is 4.38. The molecule has 0 fully saturated rings. The van der Waals surface area contributed by atoms with E-state index >= 15 is 0 Å². The Hall–Kier alpha value is -0.970. The minimum atomic E-state index is -0.502. The van der Waals surface area contributed by atoms with E-state index in [0.29, 0.717) is 31.8 Å². The molecule has 0 aliphatic rings. The molecule has 0 spiro atoms. The van der Waals surface area contributed by atoms with Gasteiger partial charge in [0.15, 0.2) is 0 Å². The fraction of sp³-hybridized carbons (Fsp3) is 0.462. The van der Waals surface area contributed by atoms with E-state index < -0.39 is 5.82 Å². The molecule has 0 N–H and O–H groups in total. The van der Waals surface area contributed by atoms with Gasteiger partial charge in [0.05, 0.1) is 24.8 Å². The third-order valence-electron chi connectivity index (χ3n) is 2.34. The highest BCUT2D eigenvalue weighted by Gasteiger charge is 2.06. The zero-order chi connectivity index (χ0) is 13.4. The summed E-state index contributed by atoms with van der Waals surface area (Å²) in [5.74, 6) is -0.493. The number of hydrogen-bond donors (Lipinski definition) is 0. The first-order valence-corrected chi connectivity index (χ1v) is 6.03. The molecule has 1 rings (SSSR count). The van der Waals surface area contributed by atoms with Gasteiger partial charge in [-0.05, 0) is 17.7 Å². The summed E-state index contributed by atoms with van der Waals surface area (Å²) >= 11 is 5.56. The molecule has 1 aromatic carbocycles. The van der Waals surface area contributed by atoms with Crippen LogP contribution < -0.4 is 0 Å². The quantitative estimate of drug-likeness (QED) is 0.684. The van der Waals surface area contributed by atoms with Crippen molar-refractivity contribution in [2.45, 2.75) is 12.8 Å². The van der Waals surface area contributed by atoms with Crippen LogP contribution in [0.1, 0.15) is 12.0 Å². The Kier molecular flexibility index (Phi) is 6.86. The topological polar surface area (TPSA) is 35.5 Å². The van der Waals surface area contributed by atoms with Crippen LogP contribution in [0.25, 0.3) is 0 Å². The average molecular weight is 275 g/mol. The Morgan fingerprint density at radius 3 is 2.78 bits per heavy atom. The molecule has 0 heterocycles. The van der Waals surface area contributed by atoms with Crippen LogP contribution in [0.2, 0.25) is 5.02 Å². The van der Waals surface area contributed by atoms with Crippen molar-refractivity contribution in [1.82, 2.24) is 0 Å². The number of halogens is 2. The van der Waals surface area contributed by atoms with Crippen molar-refractivity contribution in [3.8, 4) is 0 Å². The van der Waals surface area contributed by atoms with E-state index in [2.05, 4.69) is 0 Å². The molecule has 0 saturated carbocycles. The number of Topliss-reactive ketones (excluding diaryl/α,β-unsaturated/α-hetero) is 1. The van der Waals surface area contributed by atoms with Crippen LogP contribution in [0.15, 0.2) is 18.2 Å². The first kappa shape index (κ1) is 15.1. The maximum absolute atomic E-state index is 13.1. The normalized spacial score (nSPS) is 10.6. The Morgan fingerprint density at radius 1 is 1.33 bits per heavy atom. The monoisotopic (exact) mass is 274 g/mol. The molecule has 0 radical (unpaired) electrons. The minimum Gasteiger partial charge on any atom is -0.382 e. The van der Waals surface area contributed by atoms with E-state index in [0.717, 1.165) is 0 Å². The number of carbonyl (C=O) groups excluding carboxylic acids is 1. The van der Waals surface area contributed by atoms with Gasteiger partial charge in [-0.2, -0.15) is 0 Å². The smallest absolute Gasteiger partial charge is 0.142 e. The molecular weight excluding hydrogens is 259 g/mol. The van der Waals surface area contributed by atoms with Crippen LogP contribution in [0.5, 0.6) is 0 Å². The molecule has 0 saturated heterocycles. The summed E-state index contributed by atoms with van der Waals surface area (Å²) in [4.78, 5) is 11.6. The highest BCUT2D eigenvalue weighted by molar-refractivity contribution is 6.30. The standard InChI is InChI=1S/C13H16ClFO3/c1-17-6-7-18-5-4-11(16)8-10-2-3-12(14)13(15)9-10/h2-3,9H,4-8H2,1H3. The molecule has 1 aromatic rings. The van der Waals surface area contributed by atoms with Gasteiger partial charge in [-0.3, -0.25) is 4.79 Å². The highest BCUT2D eigenvalue weighted by Crippen LogP contribution is 2.16. The lowest BCUT2D eigenvalue weighted by atomic mass is 10.1. The van der Waals surface area contributed by atoms with Crippen LogP contribution in [0.3, 0.4) is 0 Å². The molecule has 18 heavy (non-hydrogen) atoms. The maximum atomic E-state index is 13.1. The highest BCUT2D eigenvalue weighted by atomic mass is 35.5. The average Bonchev–Trinajstić information content (AvgIpc) is 2.34. The maximum Gasteiger partial charge on any atom is 0.142 e. The molecule has 3 nitrogen and oxygen atoms in total. The zero-order valence-electron chi connectivity index (χ0n) is 10.2. The Labute approximate surface area is 111 Å². The number of hydrogen-bond acceptors (Lipinski definition) is 3. The van der Waals surface area contributed by atoms with Gasteiger partial charge in [0, 0.05) is 20.0 Å². The number of ketones is 1. The van der Waals surface area contributed by atoms with Gasteiger partial charge in [-0.1, -0.05) is 17.7 Å². The molecule has 5 heteroatoms. The van der Waals surface area contributed by atoms with Gasteiger partial charge >= 0.3 is 0 Å². The first-order chi connectivity index (χ1) is 8.63. The largest absolute Gasteiger partial charge is 0.382 e. The second kappa shape index (κ2) is 8.19. The van der Waals surface area contributed by atoms with Crippen molar-refractivity contribution in [3.05, 3.63) is 34.6 Å². The van der Waals surface area contributed by atoms with E-state index in [1.807, 2.05) is 0 Å². The molecule has 0 amide bonds. The SMILES string of the molecule is COCCOCCC(=O)Cc1ccc(Cl)c(F)c1. The van der Waals surface area contributed by atoms with Crippen LogP contribution in [-0.2, 0) is 20.7 Å². The lowest BCUT2D eigenvalue weighted by molar-refractivity contribution is -0.119. The number of rotatable bonds is 8. The molecule has 0 unspecified atom stereocenters. The number of carbonyl (C=O) groups is 1. The van der Waals surface area contributed by atoms with Gasteiger partial charge in [0.25, 0.3) is 0 Å². The van der Waals surface area contributed by atoms with Crippen LogP contribution >= 0.6 is 11.6 Å². The van der Waals surface area contributed by atoms with E-state index in [-0.39, 0.29) is 17.2 Å². The molecule has 0 aromatic heterocycles. The lowest BCUT2D eigenvalue weighted by Crippen LogP contribution is -2.09. The Balaban J connectivity index is 2.29. The van der Waals surface area contributed by atoms with Crippen molar-refractivity contribution < 1.29 is 18.7 Å². The van der Waals surface area contributed by atoms with Crippen molar-refractivity contribution in [3.63, 3.8) is 0 Å². The number of benzene rings is 1. The minimum absolute atomic E-state index is 0.00846. The van der Waals surface area contributed by atoms with Gasteiger partial charge in [0.1, 0.15) is 11.6 Å². The summed E-state index contributed by atoms with van der Waals surface area (Å²) < 4.78 is 23.1. The third-order valence-corrected chi connectivity index (χ3v) is 2.65. The molecule has 100 valence electrons. The fourth-order valence-corrected chi connectivity index (χ4v) is 1.51. The van der Waals surface area contributed by atoms with Crippen LogP contribution in [0.4, 0.5) is 4.39 Å². The van der Waals surface area contributed by atoms with Crippen molar-refractivity contribution >= 4 is 17.4 Å². The van der Waals surface area contributed by atoms with Gasteiger partial charge in [0.2, 0.25) is 0 Å². The van der Waals surface area contributed by atoms with Crippen molar-refractivity contribution in [2.24, 2.45) is 0 Å². The van der Waals surface area contributed by atoms with Crippen LogP contribution in [0, 0.1) is 5.82 Å². The predicted octanol–water partition coefficient (Wildman–Crippen LogP) is 2.64. The van der Waals surface area contributed by atoms with E-state index in [4.69, 9.17) is 21.1 Å². The molecule has 0 atom stereocenters. The molecule has 0 aliphatic heterocycles.